The molecule has 0 saturated heterocycles. The summed E-state index contributed by atoms with van der Waals surface area (Å²) >= 11 is 0. The molecule has 0 radical (unpaired) electrons. The first-order valence-corrected chi connectivity index (χ1v) is 8.10. The van der Waals surface area contributed by atoms with E-state index in [0.717, 1.165) is 5.56 Å². The zero-order valence-corrected chi connectivity index (χ0v) is 14.2. The fourth-order valence-electron chi connectivity index (χ4n) is 2.51. The third-order valence-corrected chi connectivity index (χ3v) is 3.94. The van der Waals surface area contributed by atoms with Gasteiger partial charge in [-0.15, -0.1) is 0 Å². The van der Waals surface area contributed by atoms with Crippen LogP contribution in [-0.2, 0) is 4.74 Å². The number of carbonyl (C=O) groups excluding carboxylic acids is 3. The van der Waals surface area contributed by atoms with E-state index in [4.69, 9.17) is 4.74 Å². The molecule has 1 aromatic heterocycles. The van der Waals surface area contributed by atoms with E-state index in [-0.39, 0.29) is 22.7 Å². The number of aromatic amines is 1. The summed E-state index contributed by atoms with van der Waals surface area (Å²) < 4.78 is 5.10. The third kappa shape index (κ3) is 3.78. The van der Waals surface area contributed by atoms with Gasteiger partial charge in [-0.25, -0.2) is 4.79 Å². The Balaban J connectivity index is 1.78. The average Bonchev–Trinajstić information content (AvgIpc) is 3.21. The Morgan fingerprint density at radius 1 is 0.885 bits per heavy atom. The molecular weight excluding hydrogens is 330 g/mol. The van der Waals surface area contributed by atoms with E-state index in [2.05, 4.69) is 4.98 Å². The van der Waals surface area contributed by atoms with Gasteiger partial charge in [0.1, 0.15) is 0 Å². The minimum Gasteiger partial charge on any atom is -0.454 e. The van der Waals surface area contributed by atoms with Crippen LogP contribution in [0.15, 0.2) is 66.9 Å². The standard InChI is InChI=1S/C21H17NO4/c1-14-8-10-15(11-9-14)20(24)16-5-2-3-6-17(16)21(25)26-13-19(23)18-7-4-12-22-18/h2-12,22H,13H2,1H3. The quantitative estimate of drug-likeness (QED) is 0.546. The maximum absolute atomic E-state index is 12.7. The lowest BCUT2D eigenvalue weighted by atomic mass is 9.98. The first-order chi connectivity index (χ1) is 12.6. The van der Waals surface area contributed by atoms with Gasteiger partial charge in [-0.1, -0.05) is 48.0 Å². The lowest BCUT2D eigenvalue weighted by Crippen LogP contribution is -2.17. The molecule has 0 aliphatic carbocycles. The van der Waals surface area contributed by atoms with Crippen LogP contribution in [-0.4, -0.2) is 29.1 Å². The number of benzene rings is 2. The Kier molecular flexibility index (Phi) is 5.08. The normalized spacial score (nSPS) is 10.3. The van der Waals surface area contributed by atoms with Gasteiger partial charge in [0, 0.05) is 17.3 Å². The summed E-state index contributed by atoms with van der Waals surface area (Å²) in [4.78, 5) is 39.8. The van der Waals surface area contributed by atoms with Gasteiger partial charge in [-0.3, -0.25) is 9.59 Å². The molecule has 2 aromatic carbocycles. The van der Waals surface area contributed by atoms with E-state index < -0.39 is 12.6 Å². The van der Waals surface area contributed by atoms with Crippen molar-refractivity contribution in [2.24, 2.45) is 0 Å². The lowest BCUT2D eigenvalue weighted by Gasteiger charge is -2.09. The summed E-state index contributed by atoms with van der Waals surface area (Å²) in [5, 5.41) is 0. The minimum absolute atomic E-state index is 0.136. The number of Topliss-reactive ketones (excluding diaryl/α,β-unsaturated/α-hetero) is 1. The largest absolute Gasteiger partial charge is 0.454 e. The van der Waals surface area contributed by atoms with Crippen LogP contribution in [0, 0.1) is 6.92 Å². The van der Waals surface area contributed by atoms with E-state index in [1.54, 1.807) is 48.7 Å². The number of aromatic nitrogens is 1. The predicted molar refractivity (Wildman–Crippen MR) is 96.5 cm³/mol. The summed E-state index contributed by atoms with van der Waals surface area (Å²) in [5.41, 5.74) is 2.27. The molecule has 0 aliphatic heterocycles. The van der Waals surface area contributed by atoms with Crippen LogP contribution in [0.1, 0.15) is 42.3 Å². The smallest absolute Gasteiger partial charge is 0.339 e. The molecule has 0 fully saturated rings. The highest BCUT2D eigenvalue weighted by atomic mass is 16.5. The van der Waals surface area contributed by atoms with E-state index in [1.165, 1.54) is 6.07 Å². The molecule has 0 amide bonds. The molecule has 0 atom stereocenters. The van der Waals surface area contributed by atoms with Gasteiger partial charge >= 0.3 is 5.97 Å². The molecule has 130 valence electrons. The monoisotopic (exact) mass is 347 g/mol. The molecule has 0 aliphatic rings. The number of nitrogens with one attached hydrogen (secondary N) is 1. The molecule has 5 nitrogen and oxygen atoms in total. The second-order valence-electron chi connectivity index (χ2n) is 5.82. The second-order valence-corrected chi connectivity index (χ2v) is 5.82. The summed E-state index contributed by atoms with van der Waals surface area (Å²) in [5.74, 6) is -1.32. The van der Waals surface area contributed by atoms with Crippen molar-refractivity contribution < 1.29 is 19.1 Å². The van der Waals surface area contributed by atoms with Gasteiger partial charge in [0.2, 0.25) is 5.78 Å². The van der Waals surface area contributed by atoms with E-state index >= 15 is 0 Å². The second kappa shape index (κ2) is 7.61. The predicted octanol–water partition coefficient (Wildman–Crippen LogP) is 3.59. The molecule has 0 unspecified atom stereocenters. The number of ketones is 2. The number of H-pyrrole nitrogens is 1. The number of ether oxygens (including phenoxy) is 1. The number of carbonyl (C=O) groups is 3. The zero-order chi connectivity index (χ0) is 18.5. The number of hydrogen-bond acceptors (Lipinski definition) is 4. The summed E-state index contributed by atoms with van der Waals surface area (Å²) in [6, 6.07) is 16.8. The Labute approximate surface area is 150 Å². The van der Waals surface area contributed by atoms with Crippen LogP contribution in [0.3, 0.4) is 0 Å². The van der Waals surface area contributed by atoms with Crippen LogP contribution >= 0.6 is 0 Å². The number of esters is 1. The highest BCUT2D eigenvalue weighted by Crippen LogP contribution is 2.16. The van der Waals surface area contributed by atoms with Crippen molar-refractivity contribution in [3.05, 3.63) is 94.8 Å². The van der Waals surface area contributed by atoms with Gasteiger partial charge < -0.3 is 9.72 Å². The number of hydrogen-bond donors (Lipinski definition) is 1. The fraction of sp³-hybridized carbons (Fsp3) is 0.0952. The van der Waals surface area contributed by atoms with Gasteiger partial charge in [0.25, 0.3) is 0 Å². The van der Waals surface area contributed by atoms with E-state index in [0.29, 0.717) is 11.3 Å². The molecule has 26 heavy (non-hydrogen) atoms. The van der Waals surface area contributed by atoms with Gasteiger partial charge in [-0.2, -0.15) is 0 Å². The highest BCUT2D eigenvalue weighted by Gasteiger charge is 2.20. The molecule has 1 heterocycles. The molecule has 3 rings (SSSR count). The van der Waals surface area contributed by atoms with Crippen LogP contribution in [0.2, 0.25) is 0 Å². The van der Waals surface area contributed by atoms with Crippen molar-refractivity contribution in [3.63, 3.8) is 0 Å². The maximum atomic E-state index is 12.7. The van der Waals surface area contributed by atoms with Crippen molar-refractivity contribution in [2.45, 2.75) is 6.92 Å². The Morgan fingerprint density at radius 3 is 2.23 bits per heavy atom. The van der Waals surface area contributed by atoms with E-state index in [9.17, 15) is 14.4 Å². The zero-order valence-electron chi connectivity index (χ0n) is 14.2. The van der Waals surface area contributed by atoms with Crippen LogP contribution in [0.4, 0.5) is 0 Å². The first kappa shape index (κ1) is 17.4. The summed E-state index contributed by atoms with van der Waals surface area (Å²) in [7, 11) is 0. The van der Waals surface area contributed by atoms with Crippen molar-refractivity contribution in [2.75, 3.05) is 6.61 Å². The summed E-state index contributed by atoms with van der Waals surface area (Å²) in [6.07, 6.45) is 1.62. The first-order valence-electron chi connectivity index (χ1n) is 8.10. The maximum Gasteiger partial charge on any atom is 0.339 e. The van der Waals surface area contributed by atoms with Gasteiger partial charge in [0.15, 0.2) is 12.4 Å². The molecule has 0 bridgehead atoms. The molecule has 1 N–H and O–H groups in total. The van der Waals surface area contributed by atoms with Crippen molar-refractivity contribution in [3.8, 4) is 0 Å². The molecule has 3 aromatic rings. The van der Waals surface area contributed by atoms with Crippen LogP contribution in [0.5, 0.6) is 0 Å². The Bertz CT molecular complexity index is 940. The third-order valence-electron chi connectivity index (χ3n) is 3.94. The van der Waals surface area contributed by atoms with Gasteiger partial charge in [-0.05, 0) is 25.1 Å². The average molecular weight is 347 g/mol. The highest BCUT2D eigenvalue weighted by molar-refractivity contribution is 6.14. The number of rotatable bonds is 6. The van der Waals surface area contributed by atoms with Gasteiger partial charge in [0.05, 0.1) is 11.3 Å². The Hall–Kier alpha value is -3.47. The van der Waals surface area contributed by atoms with Crippen molar-refractivity contribution in [1.29, 1.82) is 0 Å². The lowest BCUT2D eigenvalue weighted by molar-refractivity contribution is 0.0472. The minimum atomic E-state index is -0.707. The summed E-state index contributed by atoms with van der Waals surface area (Å²) in [6.45, 7) is 1.53. The van der Waals surface area contributed by atoms with Crippen molar-refractivity contribution >= 4 is 17.5 Å². The SMILES string of the molecule is Cc1ccc(C(=O)c2ccccc2C(=O)OCC(=O)c2ccc[nH]2)cc1. The molecule has 5 heteroatoms. The van der Waals surface area contributed by atoms with Crippen molar-refractivity contribution in [1.82, 2.24) is 4.98 Å². The number of aryl methyl sites for hydroxylation is 1. The molecule has 0 spiro atoms. The van der Waals surface area contributed by atoms with E-state index in [1.807, 2.05) is 19.1 Å². The fourth-order valence-corrected chi connectivity index (χ4v) is 2.51. The van der Waals surface area contributed by atoms with Crippen LogP contribution < -0.4 is 0 Å². The Morgan fingerprint density at radius 2 is 1.58 bits per heavy atom. The molecular formula is C21H17NO4. The molecule has 0 saturated carbocycles. The topological polar surface area (TPSA) is 76.2 Å². The van der Waals surface area contributed by atoms with Crippen LogP contribution in [0.25, 0.3) is 0 Å².